The summed E-state index contributed by atoms with van der Waals surface area (Å²) in [6.07, 6.45) is 3.58. The first-order chi connectivity index (χ1) is 17.1. The highest BCUT2D eigenvalue weighted by molar-refractivity contribution is 6.09. The lowest BCUT2D eigenvalue weighted by molar-refractivity contribution is 0.00708. The van der Waals surface area contributed by atoms with Crippen LogP contribution in [0.25, 0.3) is 11.1 Å². The highest BCUT2D eigenvalue weighted by atomic mass is 16.6. The molecule has 1 amide bonds. The summed E-state index contributed by atoms with van der Waals surface area (Å²) in [6, 6.07) is 19.6. The van der Waals surface area contributed by atoms with Crippen LogP contribution in [0.4, 0.5) is 11.4 Å². The Morgan fingerprint density at radius 3 is 2.25 bits per heavy atom. The van der Waals surface area contributed by atoms with E-state index in [0.717, 1.165) is 41.0 Å². The van der Waals surface area contributed by atoms with E-state index in [9.17, 15) is 9.59 Å². The number of benzene rings is 3. The van der Waals surface area contributed by atoms with Gasteiger partial charge in [0.25, 0.3) is 5.91 Å². The number of esters is 1. The van der Waals surface area contributed by atoms with Crippen molar-refractivity contribution in [1.29, 1.82) is 0 Å². The molecule has 0 bridgehead atoms. The zero-order chi connectivity index (χ0) is 25.9. The average molecular weight is 485 g/mol. The van der Waals surface area contributed by atoms with Crippen molar-refractivity contribution in [3.8, 4) is 11.1 Å². The standard InChI is InChI=1S/C31H36N2O3/c1-21-11-7-8-12-25(21)23-14-16-26(30(35)36-31(3,4)5)28(19-23)32-29(34)27-20-24(15-13-22(27)2)33-17-9-6-10-18-33/h7-8,11-16,19-20H,6,9-10,17-18H2,1-5H3,(H,32,34). The predicted molar refractivity (Wildman–Crippen MR) is 147 cm³/mol. The van der Waals surface area contributed by atoms with Crippen molar-refractivity contribution in [2.24, 2.45) is 0 Å². The molecule has 0 unspecified atom stereocenters. The van der Waals surface area contributed by atoms with E-state index in [-0.39, 0.29) is 5.91 Å². The molecule has 3 aromatic carbocycles. The third kappa shape index (κ3) is 5.96. The van der Waals surface area contributed by atoms with Gasteiger partial charge < -0.3 is 15.0 Å². The summed E-state index contributed by atoms with van der Waals surface area (Å²) in [5, 5.41) is 3.04. The summed E-state index contributed by atoms with van der Waals surface area (Å²) in [4.78, 5) is 29.0. The predicted octanol–water partition coefficient (Wildman–Crippen LogP) is 7.17. The number of anilines is 2. The maximum atomic E-state index is 13.6. The van der Waals surface area contributed by atoms with Gasteiger partial charge >= 0.3 is 5.97 Å². The van der Waals surface area contributed by atoms with Crippen molar-refractivity contribution >= 4 is 23.3 Å². The summed E-state index contributed by atoms with van der Waals surface area (Å²) in [5.41, 5.74) is 5.78. The van der Waals surface area contributed by atoms with Crippen molar-refractivity contribution in [3.05, 3.63) is 82.9 Å². The van der Waals surface area contributed by atoms with Crippen LogP contribution in [0.1, 0.15) is 71.9 Å². The molecule has 3 aromatic rings. The summed E-state index contributed by atoms with van der Waals surface area (Å²) in [6.45, 7) is 11.5. The van der Waals surface area contributed by atoms with Crippen molar-refractivity contribution in [3.63, 3.8) is 0 Å². The molecule has 1 saturated heterocycles. The highest BCUT2D eigenvalue weighted by Crippen LogP contribution is 2.30. The van der Waals surface area contributed by atoms with Crippen LogP contribution >= 0.6 is 0 Å². The van der Waals surface area contributed by atoms with Gasteiger partial charge in [-0.05, 0) is 100 Å². The van der Waals surface area contributed by atoms with Crippen molar-refractivity contribution in [1.82, 2.24) is 0 Å². The molecule has 0 aliphatic carbocycles. The second-order valence-corrected chi connectivity index (χ2v) is 10.6. The quantitative estimate of drug-likeness (QED) is 0.390. The molecular weight excluding hydrogens is 448 g/mol. The Hall–Kier alpha value is -3.60. The topological polar surface area (TPSA) is 58.6 Å². The average Bonchev–Trinajstić information content (AvgIpc) is 2.84. The van der Waals surface area contributed by atoms with Crippen LogP contribution in [0.2, 0.25) is 0 Å². The van der Waals surface area contributed by atoms with E-state index in [4.69, 9.17) is 4.74 Å². The second kappa shape index (κ2) is 10.6. The van der Waals surface area contributed by atoms with E-state index in [1.165, 1.54) is 19.3 Å². The first-order valence-electron chi connectivity index (χ1n) is 12.7. The minimum absolute atomic E-state index is 0.238. The lowest BCUT2D eigenvalue weighted by atomic mass is 9.98. The van der Waals surface area contributed by atoms with Gasteiger partial charge in [0.05, 0.1) is 11.3 Å². The Labute approximate surface area is 214 Å². The third-order valence-electron chi connectivity index (χ3n) is 6.53. The number of hydrogen-bond acceptors (Lipinski definition) is 4. The van der Waals surface area contributed by atoms with Gasteiger partial charge in [0.15, 0.2) is 0 Å². The van der Waals surface area contributed by atoms with Crippen LogP contribution in [-0.2, 0) is 4.74 Å². The maximum Gasteiger partial charge on any atom is 0.340 e. The smallest absolute Gasteiger partial charge is 0.340 e. The number of rotatable bonds is 5. The zero-order valence-corrected chi connectivity index (χ0v) is 22.0. The van der Waals surface area contributed by atoms with E-state index >= 15 is 0 Å². The molecule has 5 heteroatoms. The normalized spacial score (nSPS) is 13.9. The van der Waals surface area contributed by atoms with Crippen LogP contribution in [0.3, 0.4) is 0 Å². The van der Waals surface area contributed by atoms with Gasteiger partial charge in [-0.1, -0.05) is 36.4 Å². The van der Waals surface area contributed by atoms with Gasteiger partial charge in [-0.15, -0.1) is 0 Å². The van der Waals surface area contributed by atoms with E-state index in [0.29, 0.717) is 16.8 Å². The van der Waals surface area contributed by atoms with Gasteiger partial charge in [-0.2, -0.15) is 0 Å². The minimum Gasteiger partial charge on any atom is -0.456 e. The summed E-state index contributed by atoms with van der Waals surface area (Å²) < 4.78 is 5.65. The lowest BCUT2D eigenvalue weighted by Crippen LogP contribution is -2.29. The fraction of sp³-hybridized carbons (Fsp3) is 0.355. The van der Waals surface area contributed by atoms with Gasteiger partial charge in [0, 0.05) is 24.3 Å². The number of aryl methyl sites for hydroxylation is 2. The molecule has 1 fully saturated rings. The molecule has 0 spiro atoms. The van der Waals surface area contributed by atoms with Crippen molar-refractivity contribution in [2.45, 2.75) is 59.5 Å². The van der Waals surface area contributed by atoms with Crippen molar-refractivity contribution < 1.29 is 14.3 Å². The van der Waals surface area contributed by atoms with Crippen molar-refractivity contribution in [2.75, 3.05) is 23.3 Å². The van der Waals surface area contributed by atoms with Gasteiger partial charge in [0.1, 0.15) is 5.60 Å². The number of amides is 1. The second-order valence-electron chi connectivity index (χ2n) is 10.6. The fourth-order valence-corrected chi connectivity index (χ4v) is 4.62. The van der Waals surface area contributed by atoms with Crippen LogP contribution in [-0.4, -0.2) is 30.6 Å². The summed E-state index contributed by atoms with van der Waals surface area (Å²) >= 11 is 0. The summed E-state index contributed by atoms with van der Waals surface area (Å²) in [7, 11) is 0. The van der Waals surface area contributed by atoms with Crippen LogP contribution in [0.15, 0.2) is 60.7 Å². The Morgan fingerprint density at radius 2 is 1.56 bits per heavy atom. The number of piperidine rings is 1. The molecule has 0 aromatic heterocycles. The largest absolute Gasteiger partial charge is 0.456 e. The van der Waals surface area contributed by atoms with E-state index in [2.05, 4.69) is 16.3 Å². The first-order valence-corrected chi connectivity index (χ1v) is 12.7. The number of carbonyl (C=O) groups is 2. The van der Waals surface area contributed by atoms with Gasteiger partial charge in [-0.3, -0.25) is 4.79 Å². The molecule has 0 radical (unpaired) electrons. The number of nitrogens with one attached hydrogen (secondary N) is 1. The van der Waals surface area contributed by atoms with E-state index in [1.807, 2.05) is 83.1 Å². The Kier molecular flexibility index (Phi) is 7.48. The van der Waals surface area contributed by atoms with Gasteiger partial charge in [0.2, 0.25) is 0 Å². The molecule has 36 heavy (non-hydrogen) atoms. The van der Waals surface area contributed by atoms with Crippen LogP contribution in [0, 0.1) is 13.8 Å². The number of ether oxygens (including phenoxy) is 1. The molecule has 188 valence electrons. The minimum atomic E-state index is -0.646. The van der Waals surface area contributed by atoms with E-state index < -0.39 is 11.6 Å². The number of hydrogen-bond donors (Lipinski definition) is 1. The molecule has 1 heterocycles. The summed E-state index contributed by atoms with van der Waals surface area (Å²) in [5.74, 6) is -0.703. The van der Waals surface area contributed by atoms with Crippen LogP contribution < -0.4 is 10.2 Å². The van der Waals surface area contributed by atoms with Crippen LogP contribution in [0.5, 0.6) is 0 Å². The SMILES string of the molecule is Cc1ccc(N2CCCCC2)cc1C(=O)Nc1cc(-c2ccccc2C)ccc1C(=O)OC(C)(C)C. The zero-order valence-electron chi connectivity index (χ0n) is 22.0. The monoisotopic (exact) mass is 484 g/mol. The first kappa shape index (κ1) is 25.5. The lowest BCUT2D eigenvalue weighted by Gasteiger charge is -2.29. The Morgan fingerprint density at radius 1 is 0.833 bits per heavy atom. The molecule has 4 rings (SSSR count). The molecule has 0 atom stereocenters. The molecule has 1 aliphatic heterocycles. The fourth-order valence-electron chi connectivity index (χ4n) is 4.62. The maximum absolute atomic E-state index is 13.6. The Balaban J connectivity index is 1.70. The molecule has 0 saturated carbocycles. The van der Waals surface area contributed by atoms with E-state index in [1.54, 1.807) is 6.07 Å². The number of nitrogens with zero attached hydrogens (tertiary/aromatic N) is 1. The molecule has 5 nitrogen and oxygen atoms in total. The molecule has 1 N–H and O–H groups in total. The Bertz CT molecular complexity index is 1270. The van der Waals surface area contributed by atoms with Gasteiger partial charge in [-0.25, -0.2) is 4.79 Å². The molecule has 1 aliphatic rings. The molecular formula is C31H36N2O3. The third-order valence-corrected chi connectivity index (χ3v) is 6.53. The highest BCUT2D eigenvalue weighted by Gasteiger charge is 2.23. The number of carbonyl (C=O) groups excluding carboxylic acids is 2.